The van der Waals surface area contributed by atoms with Crippen molar-refractivity contribution in [2.24, 2.45) is 0 Å². The van der Waals surface area contributed by atoms with Crippen molar-refractivity contribution < 1.29 is 28.5 Å². The fourth-order valence-electron chi connectivity index (χ4n) is 2.95. The molecule has 0 aliphatic carbocycles. The smallest absolute Gasteiger partial charge is 0.338 e. The zero-order valence-electron chi connectivity index (χ0n) is 16.9. The highest BCUT2D eigenvalue weighted by Gasteiger charge is 2.34. The van der Waals surface area contributed by atoms with E-state index >= 15 is 0 Å². The summed E-state index contributed by atoms with van der Waals surface area (Å²) in [6.07, 6.45) is -0.785. The van der Waals surface area contributed by atoms with E-state index in [2.05, 4.69) is 0 Å². The second kappa shape index (κ2) is 10.8. The second-order valence-corrected chi connectivity index (χ2v) is 7.60. The Kier molecular flexibility index (Phi) is 7.93. The molecule has 0 amide bonds. The average Bonchev–Trinajstić information content (AvgIpc) is 2.75. The van der Waals surface area contributed by atoms with Gasteiger partial charge >= 0.3 is 11.9 Å². The molecule has 0 saturated heterocycles. The summed E-state index contributed by atoms with van der Waals surface area (Å²) < 4.78 is 22.6. The van der Waals surface area contributed by atoms with Gasteiger partial charge in [0.2, 0.25) is 6.29 Å². The summed E-state index contributed by atoms with van der Waals surface area (Å²) in [5, 5.41) is 0. The summed E-state index contributed by atoms with van der Waals surface area (Å²) in [6.45, 7) is 3.57. The van der Waals surface area contributed by atoms with Gasteiger partial charge in [-0.1, -0.05) is 48.2 Å². The topological polar surface area (TPSA) is 71.1 Å². The van der Waals surface area contributed by atoms with Gasteiger partial charge in [0.1, 0.15) is 12.7 Å². The first-order valence-corrected chi connectivity index (χ1v) is 10.5. The number of rotatable bonds is 8. The lowest BCUT2D eigenvalue weighted by Gasteiger charge is -2.33. The van der Waals surface area contributed by atoms with Crippen molar-refractivity contribution >= 4 is 23.7 Å². The SMILES string of the molecule is CCO[C@H]1C[C@@H](OC(C)=O)C(Sc2ccccc2)=C(COC(=O)c2ccccc2)O1. The van der Waals surface area contributed by atoms with Gasteiger partial charge in [-0.3, -0.25) is 4.79 Å². The molecule has 0 bridgehead atoms. The number of hydrogen-bond acceptors (Lipinski definition) is 7. The summed E-state index contributed by atoms with van der Waals surface area (Å²) in [4.78, 5) is 25.7. The number of esters is 2. The van der Waals surface area contributed by atoms with E-state index in [0.29, 0.717) is 29.3 Å². The van der Waals surface area contributed by atoms with E-state index in [1.807, 2.05) is 43.3 Å². The summed E-state index contributed by atoms with van der Waals surface area (Å²) in [7, 11) is 0. The highest BCUT2D eigenvalue weighted by Crippen LogP contribution is 2.39. The van der Waals surface area contributed by atoms with Crippen molar-refractivity contribution in [2.75, 3.05) is 13.2 Å². The monoisotopic (exact) mass is 428 g/mol. The molecule has 0 saturated carbocycles. The van der Waals surface area contributed by atoms with Crippen LogP contribution >= 0.6 is 11.8 Å². The fraction of sp³-hybridized carbons (Fsp3) is 0.304. The van der Waals surface area contributed by atoms with Crippen molar-refractivity contribution in [2.45, 2.75) is 37.6 Å². The standard InChI is InChI=1S/C23H24O6S/c1-3-26-21-14-19(28-16(2)24)22(30-18-12-8-5-9-13-18)20(29-21)15-27-23(25)17-10-6-4-7-11-17/h4-13,19,21H,3,14-15H2,1-2H3/t19-,21-/m1/s1. The molecule has 3 rings (SSSR count). The molecule has 7 heteroatoms. The van der Waals surface area contributed by atoms with Crippen LogP contribution in [0.5, 0.6) is 0 Å². The van der Waals surface area contributed by atoms with Gasteiger partial charge in [-0.15, -0.1) is 0 Å². The number of benzene rings is 2. The first-order valence-electron chi connectivity index (χ1n) is 9.70. The number of thioether (sulfide) groups is 1. The minimum Gasteiger partial charge on any atom is -0.464 e. The molecule has 2 aromatic rings. The zero-order chi connectivity index (χ0) is 21.3. The van der Waals surface area contributed by atoms with Gasteiger partial charge in [0.25, 0.3) is 0 Å². The van der Waals surface area contributed by atoms with E-state index in [1.165, 1.54) is 18.7 Å². The van der Waals surface area contributed by atoms with Gasteiger partial charge in [-0.05, 0) is 31.2 Å². The molecule has 2 aromatic carbocycles. The van der Waals surface area contributed by atoms with Crippen LogP contribution in [-0.4, -0.2) is 37.5 Å². The number of carbonyl (C=O) groups excluding carboxylic acids is 2. The molecule has 158 valence electrons. The summed E-state index contributed by atoms with van der Waals surface area (Å²) >= 11 is 1.42. The van der Waals surface area contributed by atoms with Gasteiger partial charge in [-0.25, -0.2) is 4.79 Å². The van der Waals surface area contributed by atoms with Crippen molar-refractivity contribution in [3.63, 3.8) is 0 Å². The summed E-state index contributed by atoms with van der Waals surface area (Å²) in [6, 6.07) is 18.4. The summed E-state index contributed by atoms with van der Waals surface area (Å²) in [5.41, 5.74) is 0.448. The van der Waals surface area contributed by atoms with E-state index in [1.54, 1.807) is 24.3 Å². The van der Waals surface area contributed by atoms with Gasteiger partial charge in [-0.2, -0.15) is 0 Å². The lowest BCUT2D eigenvalue weighted by atomic mass is 10.1. The first-order chi connectivity index (χ1) is 14.6. The molecule has 0 spiro atoms. The molecular formula is C23H24O6S. The molecule has 1 aliphatic heterocycles. The van der Waals surface area contributed by atoms with E-state index in [-0.39, 0.29) is 6.61 Å². The Labute approximate surface area is 180 Å². The van der Waals surface area contributed by atoms with E-state index in [0.717, 1.165) is 4.90 Å². The third-order valence-electron chi connectivity index (χ3n) is 4.22. The molecule has 1 heterocycles. The second-order valence-electron chi connectivity index (χ2n) is 6.48. The molecule has 30 heavy (non-hydrogen) atoms. The van der Waals surface area contributed by atoms with Crippen molar-refractivity contribution in [1.82, 2.24) is 0 Å². The first kappa shape index (κ1) is 21.9. The third-order valence-corrected chi connectivity index (χ3v) is 5.44. The van der Waals surface area contributed by atoms with Crippen LogP contribution in [0.25, 0.3) is 0 Å². The Hall–Kier alpha value is -2.77. The predicted molar refractivity (Wildman–Crippen MR) is 113 cm³/mol. The van der Waals surface area contributed by atoms with Crippen LogP contribution in [0.4, 0.5) is 0 Å². The molecule has 0 unspecified atom stereocenters. The number of ether oxygens (including phenoxy) is 4. The van der Waals surface area contributed by atoms with Crippen LogP contribution < -0.4 is 0 Å². The maximum absolute atomic E-state index is 12.4. The van der Waals surface area contributed by atoms with Gasteiger partial charge in [0, 0.05) is 18.4 Å². The van der Waals surface area contributed by atoms with Gasteiger partial charge in [0.05, 0.1) is 16.9 Å². The van der Waals surface area contributed by atoms with Crippen LogP contribution in [0, 0.1) is 0 Å². The van der Waals surface area contributed by atoms with Gasteiger partial charge in [0.15, 0.2) is 5.76 Å². The number of hydrogen-bond donors (Lipinski definition) is 0. The molecule has 0 N–H and O–H groups in total. The molecule has 0 radical (unpaired) electrons. The van der Waals surface area contributed by atoms with Crippen molar-refractivity contribution in [1.29, 1.82) is 0 Å². The normalized spacial score (nSPS) is 18.5. The minimum absolute atomic E-state index is 0.0930. The molecule has 0 fully saturated rings. The molecule has 1 aliphatic rings. The van der Waals surface area contributed by atoms with Crippen LogP contribution in [0.15, 0.2) is 76.2 Å². The maximum atomic E-state index is 12.4. The largest absolute Gasteiger partial charge is 0.464 e. The maximum Gasteiger partial charge on any atom is 0.338 e. The van der Waals surface area contributed by atoms with E-state index < -0.39 is 24.3 Å². The average molecular weight is 429 g/mol. The van der Waals surface area contributed by atoms with Crippen LogP contribution in [-0.2, 0) is 23.7 Å². The van der Waals surface area contributed by atoms with E-state index in [9.17, 15) is 9.59 Å². The lowest BCUT2D eigenvalue weighted by Crippen LogP contribution is -2.34. The molecular weight excluding hydrogens is 404 g/mol. The van der Waals surface area contributed by atoms with Crippen LogP contribution in [0.2, 0.25) is 0 Å². The third kappa shape index (κ3) is 6.11. The van der Waals surface area contributed by atoms with Crippen molar-refractivity contribution in [3.05, 3.63) is 76.9 Å². The van der Waals surface area contributed by atoms with Crippen molar-refractivity contribution in [3.8, 4) is 0 Å². The minimum atomic E-state index is -0.593. The Balaban J connectivity index is 1.86. The predicted octanol–water partition coefficient (Wildman–Crippen LogP) is 4.56. The zero-order valence-corrected chi connectivity index (χ0v) is 17.7. The van der Waals surface area contributed by atoms with E-state index in [4.69, 9.17) is 18.9 Å². The molecule has 6 nitrogen and oxygen atoms in total. The fourth-order valence-corrected chi connectivity index (χ4v) is 3.99. The van der Waals surface area contributed by atoms with Gasteiger partial charge < -0.3 is 18.9 Å². The summed E-state index contributed by atoms with van der Waals surface area (Å²) in [5.74, 6) is -0.439. The Morgan fingerprint density at radius 3 is 2.37 bits per heavy atom. The molecule has 2 atom stereocenters. The highest BCUT2D eigenvalue weighted by atomic mass is 32.2. The lowest BCUT2D eigenvalue weighted by molar-refractivity contribution is -0.164. The van der Waals surface area contributed by atoms with Crippen LogP contribution in [0.1, 0.15) is 30.6 Å². The Bertz CT molecular complexity index is 881. The van der Waals surface area contributed by atoms with Crippen LogP contribution in [0.3, 0.4) is 0 Å². The number of carbonyl (C=O) groups is 2. The Morgan fingerprint density at radius 2 is 1.73 bits per heavy atom. The Morgan fingerprint density at radius 1 is 1.07 bits per heavy atom. The molecule has 0 aromatic heterocycles. The highest BCUT2D eigenvalue weighted by molar-refractivity contribution is 8.03. The quantitative estimate of drug-likeness (QED) is 0.571.